The van der Waals surface area contributed by atoms with E-state index in [9.17, 15) is 0 Å². The smallest absolute Gasteiger partial charge is 0.0506 e. The average Bonchev–Trinajstić information content (AvgIpc) is 2.33. The van der Waals surface area contributed by atoms with Gasteiger partial charge in [-0.25, -0.2) is 0 Å². The Morgan fingerprint density at radius 2 is 2.25 bits per heavy atom. The Bertz CT molecular complexity index is 323. The third kappa shape index (κ3) is 3.58. The van der Waals surface area contributed by atoms with E-state index < -0.39 is 0 Å². The van der Waals surface area contributed by atoms with Crippen molar-refractivity contribution in [3.05, 3.63) is 34.3 Å². The summed E-state index contributed by atoms with van der Waals surface area (Å²) in [6.07, 6.45) is 2.50. The molecule has 0 bridgehead atoms. The van der Waals surface area contributed by atoms with Crippen molar-refractivity contribution < 1.29 is 4.74 Å². The van der Waals surface area contributed by atoms with Gasteiger partial charge in [0, 0.05) is 24.2 Å². The fourth-order valence-electron chi connectivity index (χ4n) is 2.02. The lowest BCUT2D eigenvalue weighted by atomic mass is 10.0. The van der Waals surface area contributed by atoms with Crippen LogP contribution in [0.1, 0.15) is 18.4 Å². The standard InChI is InChI=1S/C13H18BrNO/c14-13-6-2-1-5-12(13)9-15-8-11-4-3-7-16-10-11/h1-2,5-6,11,15H,3-4,7-10H2. The van der Waals surface area contributed by atoms with E-state index in [4.69, 9.17) is 4.74 Å². The zero-order chi connectivity index (χ0) is 11.2. The lowest BCUT2D eigenvalue weighted by Crippen LogP contribution is -2.28. The van der Waals surface area contributed by atoms with Gasteiger partial charge < -0.3 is 10.1 Å². The molecule has 1 fully saturated rings. The lowest BCUT2D eigenvalue weighted by molar-refractivity contribution is 0.0547. The average molecular weight is 284 g/mol. The molecule has 0 saturated carbocycles. The van der Waals surface area contributed by atoms with Crippen molar-refractivity contribution in [3.8, 4) is 0 Å². The van der Waals surface area contributed by atoms with Crippen LogP contribution in [0.2, 0.25) is 0 Å². The fraction of sp³-hybridized carbons (Fsp3) is 0.538. The van der Waals surface area contributed by atoms with Crippen LogP contribution in [0.15, 0.2) is 28.7 Å². The first-order valence-electron chi connectivity index (χ1n) is 5.88. The summed E-state index contributed by atoms with van der Waals surface area (Å²) >= 11 is 3.56. The molecule has 2 nitrogen and oxygen atoms in total. The van der Waals surface area contributed by atoms with Gasteiger partial charge in [-0.3, -0.25) is 0 Å². The number of nitrogens with one attached hydrogen (secondary N) is 1. The summed E-state index contributed by atoms with van der Waals surface area (Å²) in [5, 5.41) is 3.50. The number of ether oxygens (including phenoxy) is 1. The summed E-state index contributed by atoms with van der Waals surface area (Å²) in [6, 6.07) is 8.35. The number of rotatable bonds is 4. The summed E-state index contributed by atoms with van der Waals surface area (Å²) in [4.78, 5) is 0. The summed E-state index contributed by atoms with van der Waals surface area (Å²) in [5.41, 5.74) is 1.32. The molecule has 88 valence electrons. The van der Waals surface area contributed by atoms with E-state index in [0.29, 0.717) is 5.92 Å². The van der Waals surface area contributed by atoms with Crippen LogP contribution in [0.3, 0.4) is 0 Å². The molecule has 1 N–H and O–H groups in total. The minimum atomic E-state index is 0.691. The van der Waals surface area contributed by atoms with E-state index in [1.807, 2.05) is 6.07 Å². The van der Waals surface area contributed by atoms with Gasteiger partial charge in [-0.05, 0) is 30.4 Å². The van der Waals surface area contributed by atoms with Crippen LogP contribution in [0.25, 0.3) is 0 Å². The van der Waals surface area contributed by atoms with Crippen LogP contribution in [0, 0.1) is 5.92 Å². The van der Waals surface area contributed by atoms with Crippen LogP contribution in [-0.4, -0.2) is 19.8 Å². The Kier molecular flexibility index (Phi) is 4.82. The summed E-state index contributed by atoms with van der Waals surface area (Å²) in [6.45, 7) is 3.85. The molecule has 0 radical (unpaired) electrons. The maximum atomic E-state index is 5.46. The third-order valence-electron chi connectivity index (χ3n) is 2.96. The Labute approximate surface area is 106 Å². The highest BCUT2D eigenvalue weighted by atomic mass is 79.9. The van der Waals surface area contributed by atoms with Gasteiger partial charge in [0.05, 0.1) is 6.61 Å². The summed E-state index contributed by atoms with van der Waals surface area (Å²) in [5.74, 6) is 0.691. The second-order valence-electron chi connectivity index (χ2n) is 4.31. The van der Waals surface area contributed by atoms with Crippen molar-refractivity contribution in [2.75, 3.05) is 19.8 Å². The maximum absolute atomic E-state index is 5.46. The zero-order valence-corrected chi connectivity index (χ0v) is 11.0. The molecule has 0 aliphatic carbocycles. The summed E-state index contributed by atoms with van der Waals surface area (Å²) < 4.78 is 6.64. The largest absolute Gasteiger partial charge is 0.381 e. The number of hydrogen-bond acceptors (Lipinski definition) is 2. The van der Waals surface area contributed by atoms with Gasteiger partial charge in [0.1, 0.15) is 0 Å². The highest BCUT2D eigenvalue weighted by Crippen LogP contribution is 2.16. The molecule has 1 atom stereocenters. The topological polar surface area (TPSA) is 21.3 Å². The number of benzene rings is 1. The first kappa shape index (κ1) is 12.1. The Balaban J connectivity index is 1.73. The molecule has 3 heteroatoms. The number of halogens is 1. The van der Waals surface area contributed by atoms with Gasteiger partial charge in [0.2, 0.25) is 0 Å². The van der Waals surface area contributed by atoms with Gasteiger partial charge in [-0.15, -0.1) is 0 Å². The van der Waals surface area contributed by atoms with Crippen LogP contribution < -0.4 is 5.32 Å². The summed E-state index contributed by atoms with van der Waals surface area (Å²) in [7, 11) is 0. The zero-order valence-electron chi connectivity index (χ0n) is 9.42. The Morgan fingerprint density at radius 1 is 1.38 bits per heavy atom. The molecule has 1 aromatic rings. The van der Waals surface area contributed by atoms with E-state index in [-0.39, 0.29) is 0 Å². The predicted molar refractivity (Wildman–Crippen MR) is 69.4 cm³/mol. The second kappa shape index (κ2) is 6.38. The highest BCUT2D eigenvalue weighted by molar-refractivity contribution is 9.10. The van der Waals surface area contributed by atoms with Crippen LogP contribution >= 0.6 is 15.9 Å². The van der Waals surface area contributed by atoms with Crippen LogP contribution in [0.4, 0.5) is 0 Å². The first-order valence-corrected chi connectivity index (χ1v) is 6.67. The van der Waals surface area contributed by atoms with E-state index in [2.05, 4.69) is 39.4 Å². The highest BCUT2D eigenvalue weighted by Gasteiger charge is 2.13. The number of hydrogen-bond donors (Lipinski definition) is 1. The van der Waals surface area contributed by atoms with Crippen molar-refractivity contribution in [2.45, 2.75) is 19.4 Å². The van der Waals surface area contributed by atoms with Crippen molar-refractivity contribution >= 4 is 15.9 Å². The monoisotopic (exact) mass is 283 g/mol. The Morgan fingerprint density at radius 3 is 3.00 bits per heavy atom. The molecule has 0 aromatic heterocycles. The third-order valence-corrected chi connectivity index (χ3v) is 3.73. The molecule has 1 aliphatic heterocycles. The van der Waals surface area contributed by atoms with Crippen LogP contribution in [-0.2, 0) is 11.3 Å². The van der Waals surface area contributed by atoms with Gasteiger partial charge in [-0.2, -0.15) is 0 Å². The van der Waals surface area contributed by atoms with E-state index in [1.54, 1.807) is 0 Å². The van der Waals surface area contributed by atoms with Crippen molar-refractivity contribution in [1.29, 1.82) is 0 Å². The first-order chi connectivity index (χ1) is 7.86. The molecule has 0 amide bonds. The van der Waals surface area contributed by atoms with Gasteiger partial charge in [-0.1, -0.05) is 34.1 Å². The SMILES string of the molecule is Brc1ccccc1CNCC1CCCOC1. The molecule has 16 heavy (non-hydrogen) atoms. The molecular weight excluding hydrogens is 266 g/mol. The van der Waals surface area contributed by atoms with Gasteiger partial charge in [0.25, 0.3) is 0 Å². The molecule has 2 rings (SSSR count). The maximum Gasteiger partial charge on any atom is 0.0506 e. The van der Waals surface area contributed by atoms with Crippen molar-refractivity contribution in [2.24, 2.45) is 5.92 Å². The normalized spacial score (nSPS) is 20.9. The molecular formula is C13H18BrNO. The van der Waals surface area contributed by atoms with E-state index in [0.717, 1.165) is 26.3 Å². The molecule has 1 unspecified atom stereocenters. The molecule has 1 heterocycles. The minimum absolute atomic E-state index is 0.691. The Hall–Kier alpha value is -0.380. The molecule has 0 spiro atoms. The lowest BCUT2D eigenvalue weighted by Gasteiger charge is -2.22. The molecule has 1 aromatic carbocycles. The quantitative estimate of drug-likeness (QED) is 0.917. The van der Waals surface area contributed by atoms with Gasteiger partial charge >= 0.3 is 0 Å². The van der Waals surface area contributed by atoms with E-state index in [1.165, 1.54) is 22.9 Å². The molecule has 1 aliphatic rings. The molecule has 1 saturated heterocycles. The minimum Gasteiger partial charge on any atom is -0.381 e. The van der Waals surface area contributed by atoms with Crippen LogP contribution in [0.5, 0.6) is 0 Å². The van der Waals surface area contributed by atoms with Crippen molar-refractivity contribution in [1.82, 2.24) is 5.32 Å². The second-order valence-corrected chi connectivity index (χ2v) is 5.16. The van der Waals surface area contributed by atoms with E-state index >= 15 is 0 Å². The fourth-order valence-corrected chi connectivity index (χ4v) is 2.45. The predicted octanol–water partition coefficient (Wildman–Crippen LogP) is 2.97. The van der Waals surface area contributed by atoms with Gasteiger partial charge in [0.15, 0.2) is 0 Å². The van der Waals surface area contributed by atoms with Crippen molar-refractivity contribution in [3.63, 3.8) is 0 Å².